The summed E-state index contributed by atoms with van der Waals surface area (Å²) in [5.41, 5.74) is 2.25. The molecule has 2 heteroatoms. The van der Waals surface area contributed by atoms with Gasteiger partial charge in [0.2, 0.25) is 0 Å². The minimum atomic E-state index is 0.374. The molecule has 0 bridgehead atoms. The van der Waals surface area contributed by atoms with E-state index in [2.05, 4.69) is 31.0 Å². The molecule has 0 fully saturated rings. The molecule has 2 rings (SSSR count). The first-order valence-electron chi connectivity index (χ1n) is 6.67. The second kappa shape index (κ2) is 6.41. The predicted octanol–water partition coefficient (Wildman–Crippen LogP) is 4.44. The monoisotopic (exact) mass is 243 g/mol. The summed E-state index contributed by atoms with van der Waals surface area (Å²) < 4.78 is 5.62. The van der Waals surface area contributed by atoms with E-state index in [1.807, 2.05) is 24.5 Å². The first kappa shape index (κ1) is 12.9. The lowest BCUT2D eigenvalue weighted by atomic mass is 10.0. The molecule has 2 nitrogen and oxygen atoms in total. The van der Waals surface area contributed by atoms with Crippen molar-refractivity contribution in [3.8, 4) is 0 Å². The van der Waals surface area contributed by atoms with Gasteiger partial charge in [-0.15, -0.1) is 6.58 Å². The average molecular weight is 243 g/mol. The van der Waals surface area contributed by atoms with Crippen LogP contribution in [0.2, 0.25) is 0 Å². The fourth-order valence-corrected chi connectivity index (χ4v) is 2.35. The number of benzene rings is 1. The molecule has 1 aromatic heterocycles. The Morgan fingerprint density at radius 3 is 3.00 bits per heavy atom. The number of hydrogen-bond acceptors (Lipinski definition) is 2. The third-order valence-corrected chi connectivity index (χ3v) is 3.24. The van der Waals surface area contributed by atoms with Crippen molar-refractivity contribution in [3.05, 3.63) is 48.7 Å². The van der Waals surface area contributed by atoms with Gasteiger partial charge in [0.15, 0.2) is 0 Å². The standard InChI is InChI=1S/C16H21NO/c1-3-5-6-10-15(17-4-2)14-12-18-16-11-8-7-9-13(14)16/h3,7-9,11-12,15,17H,1,4-6,10H2,2H3. The van der Waals surface area contributed by atoms with Gasteiger partial charge in [-0.1, -0.05) is 31.2 Å². The molecule has 1 heterocycles. The van der Waals surface area contributed by atoms with Crippen LogP contribution in [-0.2, 0) is 0 Å². The Morgan fingerprint density at radius 1 is 1.39 bits per heavy atom. The highest BCUT2D eigenvalue weighted by Crippen LogP contribution is 2.29. The van der Waals surface area contributed by atoms with Crippen LogP contribution in [-0.4, -0.2) is 6.54 Å². The molecule has 1 unspecified atom stereocenters. The molecule has 1 aromatic carbocycles. The van der Waals surface area contributed by atoms with Gasteiger partial charge in [-0.25, -0.2) is 0 Å². The molecule has 0 saturated heterocycles. The Kier molecular flexibility index (Phi) is 4.59. The van der Waals surface area contributed by atoms with Crippen LogP contribution in [0, 0.1) is 0 Å². The highest BCUT2D eigenvalue weighted by molar-refractivity contribution is 5.81. The van der Waals surface area contributed by atoms with Crippen LogP contribution in [0.3, 0.4) is 0 Å². The topological polar surface area (TPSA) is 25.2 Å². The second-order valence-corrected chi connectivity index (χ2v) is 4.52. The lowest BCUT2D eigenvalue weighted by Crippen LogP contribution is -2.20. The van der Waals surface area contributed by atoms with E-state index >= 15 is 0 Å². The van der Waals surface area contributed by atoms with Crippen molar-refractivity contribution in [2.24, 2.45) is 0 Å². The molecule has 1 N–H and O–H groups in total. The zero-order valence-electron chi connectivity index (χ0n) is 11.0. The average Bonchev–Trinajstić information content (AvgIpc) is 2.82. The van der Waals surface area contributed by atoms with E-state index in [0.29, 0.717) is 6.04 Å². The molecular formula is C16H21NO. The van der Waals surface area contributed by atoms with E-state index in [1.165, 1.54) is 10.9 Å². The van der Waals surface area contributed by atoms with Crippen molar-refractivity contribution < 1.29 is 4.42 Å². The summed E-state index contributed by atoms with van der Waals surface area (Å²) in [5.74, 6) is 0. The van der Waals surface area contributed by atoms with Crippen LogP contribution >= 0.6 is 0 Å². The van der Waals surface area contributed by atoms with E-state index < -0.39 is 0 Å². The lowest BCUT2D eigenvalue weighted by Gasteiger charge is -2.16. The number of unbranched alkanes of at least 4 members (excludes halogenated alkanes) is 1. The zero-order chi connectivity index (χ0) is 12.8. The minimum absolute atomic E-state index is 0.374. The molecule has 2 aromatic rings. The van der Waals surface area contributed by atoms with Gasteiger partial charge >= 0.3 is 0 Å². The summed E-state index contributed by atoms with van der Waals surface area (Å²) in [6, 6.07) is 8.60. The normalized spacial score (nSPS) is 12.7. The largest absolute Gasteiger partial charge is 0.464 e. The molecule has 0 aliphatic carbocycles. The number of para-hydroxylation sites is 1. The van der Waals surface area contributed by atoms with Crippen LogP contribution in [0.4, 0.5) is 0 Å². The van der Waals surface area contributed by atoms with Gasteiger partial charge in [-0.2, -0.15) is 0 Å². The quantitative estimate of drug-likeness (QED) is 0.574. The fourth-order valence-electron chi connectivity index (χ4n) is 2.35. The maximum absolute atomic E-state index is 5.62. The third kappa shape index (κ3) is 2.82. The first-order valence-corrected chi connectivity index (χ1v) is 6.67. The van der Waals surface area contributed by atoms with Gasteiger partial charge in [0.05, 0.1) is 6.26 Å². The van der Waals surface area contributed by atoms with E-state index in [-0.39, 0.29) is 0 Å². The molecule has 0 saturated carbocycles. The molecule has 18 heavy (non-hydrogen) atoms. The molecule has 1 atom stereocenters. The summed E-state index contributed by atoms with van der Waals surface area (Å²) in [5, 5.41) is 4.77. The third-order valence-electron chi connectivity index (χ3n) is 3.24. The van der Waals surface area contributed by atoms with Crippen molar-refractivity contribution in [3.63, 3.8) is 0 Å². The van der Waals surface area contributed by atoms with Crippen molar-refractivity contribution in [1.82, 2.24) is 5.32 Å². The number of fused-ring (bicyclic) bond motifs is 1. The van der Waals surface area contributed by atoms with Gasteiger partial charge in [-0.05, 0) is 31.9 Å². The van der Waals surface area contributed by atoms with Crippen molar-refractivity contribution in [2.75, 3.05) is 6.54 Å². The Labute approximate surface area is 109 Å². The van der Waals surface area contributed by atoms with E-state index in [1.54, 1.807) is 0 Å². The Balaban J connectivity index is 2.21. The number of hydrogen-bond donors (Lipinski definition) is 1. The van der Waals surface area contributed by atoms with Crippen molar-refractivity contribution in [2.45, 2.75) is 32.2 Å². The zero-order valence-corrected chi connectivity index (χ0v) is 11.0. The van der Waals surface area contributed by atoms with Gasteiger partial charge in [-0.3, -0.25) is 0 Å². The molecule has 0 spiro atoms. The Morgan fingerprint density at radius 2 is 2.22 bits per heavy atom. The first-order chi connectivity index (χ1) is 8.86. The van der Waals surface area contributed by atoms with E-state index in [4.69, 9.17) is 4.42 Å². The van der Waals surface area contributed by atoms with Gasteiger partial charge in [0.1, 0.15) is 5.58 Å². The van der Waals surface area contributed by atoms with Crippen LogP contribution in [0.1, 0.15) is 37.8 Å². The van der Waals surface area contributed by atoms with Crippen LogP contribution in [0.25, 0.3) is 11.0 Å². The molecule has 0 aliphatic heterocycles. The van der Waals surface area contributed by atoms with E-state index in [9.17, 15) is 0 Å². The Hall–Kier alpha value is -1.54. The molecule has 96 valence electrons. The lowest BCUT2D eigenvalue weighted by molar-refractivity contribution is 0.493. The maximum atomic E-state index is 5.62. The predicted molar refractivity (Wildman–Crippen MR) is 76.7 cm³/mol. The summed E-state index contributed by atoms with van der Waals surface area (Å²) >= 11 is 0. The van der Waals surface area contributed by atoms with Crippen LogP contribution in [0.5, 0.6) is 0 Å². The van der Waals surface area contributed by atoms with Crippen molar-refractivity contribution >= 4 is 11.0 Å². The molecule has 0 amide bonds. The molecular weight excluding hydrogens is 222 g/mol. The van der Waals surface area contributed by atoms with Crippen molar-refractivity contribution in [1.29, 1.82) is 0 Å². The minimum Gasteiger partial charge on any atom is -0.464 e. The summed E-state index contributed by atoms with van der Waals surface area (Å²) in [6.07, 6.45) is 7.21. The number of furan rings is 1. The summed E-state index contributed by atoms with van der Waals surface area (Å²) in [6.45, 7) is 6.89. The van der Waals surface area contributed by atoms with Crippen LogP contribution < -0.4 is 5.32 Å². The Bertz CT molecular complexity index is 501. The number of allylic oxidation sites excluding steroid dienone is 1. The smallest absolute Gasteiger partial charge is 0.134 e. The molecule has 0 aliphatic rings. The number of nitrogens with one attached hydrogen (secondary N) is 1. The highest BCUT2D eigenvalue weighted by atomic mass is 16.3. The van der Waals surface area contributed by atoms with Gasteiger partial charge < -0.3 is 9.73 Å². The van der Waals surface area contributed by atoms with Gasteiger partial charge in [0, 0.05) is 17.0 Å². The molecule has 0 radical (unpaired) electrons. The summed E-state index contributed by atoms with van der Waals surface area (Å²) in [4.78, 5) is 0. The van der Waals surface area contributed by atoms with Gasteiger partial charge in [0.25, 0.3) is 0 Å². The maximum Gasteiger partial charge on any atom is 0.134 e. The van der Waals surface area contributed by atoms with Crippen LogP contribution in [0.15, 0.2) is 47.6 Å². The SMILES string of the molecule is C=CCCCC(NCC)c1coc2ccccc12. The highest BCUT2D eigenvalue weighted by Gasteiger charge is 2.15. The fraction of sp³-hybridized carbons (Fsp3) is 0.375. The number of rotatable bonds is 7. The van der Waals surface area contributed by atoms with E-state index in [0.717, 1.165) is 31.4 Å². The second-order valence-electron chi connectivity index (χ2n) is 4.52. The summed E-state index contributed by atoms with van der Waals surface area (Å²) in [7, 11) is 0.